The molecule has 2 rings (SSSR count). The van der Waals surface area contributed by atoms with E-state index in [-0.39, 0.29) is 36.4 Å². The second-order valence-electron chi connectivity index (χ2n) is 6.37. The molecule has 0 aliphatic carbocycles. The Hall–Kier alpha value is -1.05. The van der Waals surface area contributed by atoms with E-state index in [2.05, 4.69) is 15.9 Å². The lowest BCUT2D eigenvalue weighted by Crippen LogP contribution is -2.49. The van der Waals surface area contributed by atoms with E-state index in [1.165, 1.54) is 11.8 Å². The number of morpholine rings is 1. The zero-order chi connectivity index (χ0) is 18.6. The molecule has 1 saturated heterocycles. The Morgan fingerprint density at radius 3 is 2.52 bits per heavy atom. The summed E-state index contributed by atoms with van der Waals surface area (Å²) in [6.07, 6.45) is 0.00477. The van der Waals surface area contributed by atoms with Crippen molar-refractivity contribution in [2.24, 2.45) is 0 Å². The average Bonchev–Trinajstić information content (AvgIpc) is 2.53. The van der Waals surface area contributed by atoms with Crippen LogP contribution in [-0.4, -0.2) is 54.4 Å². The number of halogens is 1. The number of ether oxygens (including phenoxy) is 2. The van der Waals surface area contributed by atoms with Gasteiger partial charge in [-0.05, 0) is 51.0 Å². The van der Waals surface area contributed by atoms with Gasteiger partial charge in [0.1, 0.15) is 0 Å². The van der Waals surface area contributed by atoms with Crippen LogP contribution in [0.25, 0.3) is 0 Å². The van der Waals surface area contributed by atoms with Gasteiger partial charge < -0.3 is 14.4 Å². The predicted molar refractivity (Wildman–Crippen MR) is 102 cm³/mol. The number of carbonyl (C=O) groups excluding carboxylic acids is 2. The number of carbonyl (C=O) groups is 2. The second kappa shape index (κ2) is 9.05. The highest BCUT2D eigenvalue weighted by Gasteiger charge is 2.26. The van der Waals surface area contributed by atoms with Gasteiger partial charge in [0.2, 0.25) is 0 Å². The summed E-state index contributed by atoms with van der Waals surface area (Å²) < 4.78 is 11.8. The summed E-state index contributed by atoms with van der Waals surface area (Å²) in [4.78, 5) is 26.9. The Bertz CT molecular complexity index is 642. The SMILES string of the molecule is Cc1cc(SCC(=O)OCC(=O)N2CC(C)OC(C)C2)c(C)cc1Br. The van der Waals surface area contributed by atoms with Crippen LogP contribution in [0.2, 0.25) is 0 Å². The lowest BCUT2D eigenvalue weighted by molar-refractivity contribution is -0.155. The topological polar surface area (TPSA) is 55.8 Å². The van der Waals surface area contributed by atoms with Crippen molar-refractivity contribution in [3.63, 3.8) is 0 Å². The summed E-state index contributed by atoms with van der Waals surface area (Å²) in [5.74, 6) is -0.367. The molecule has 0 aromatic heterocycles. The minimum Gasteiger partial charge on any atom is -0.455 e. The highest BCUT2D eigenvalue weighted by molar-refractivity contribution is 9.10. The van der Waals surface area contributed by atoms with Gasteiger partial charge in [0.15, 0.2) is 6.61 Å². The van der Waals surface area contributed by atoms with E-state index in [0.29, 0.717) is 13.1 Å². The van der Waals surface area contributed by atoms with Crippen molar-refractivity contribution in [2.75, 3.05) is 25.4 Å². The third kappa shape index (κ3) is 6.01. The molecule has 2 unspecified atom stereocenters. The third-order valence-corrected chi connectivity index (χ3v) is 5.92. The van der Waals surface area contributed by atoms with Crippen LogP contribution in [0.4, 0.5) is 0 Å². The monoisotopic (exact) mass is 429 g/mol. The highest BCUT2D eigenvalue weighted by Crippen LogP contribution is 2.28. The summed E-state index contributed by atoms with van der Waals surface area (Å²) in [5.41, 5.74) is 2.22. The van der Waals surface area contributed by atoms with Crippen molar-refractivity contribution < 1.29 is 19.1 Å². The van der Waals surface area contributed by atoms with Crippen molar-refractivity contribution in [1.82, 2.24) is 4.90 Å². The summed E-state index contributed by atoms with van der Waals surface area (Å²) in [6, 6.07) is 4.08. The predicted octanol–water partition coefficient (Wildman–Crippen LogP) is 3.34. The molecular weight excluding hydrogens is 406 g/mol. The number of aryl methyl sites for hydroxylation is 2. The Morgan fingerprint density at radius 2 is 1.88 bits per heavy atom. The van der Waals surface area contributed by atoms with E-state index in [4.69, 9.17) is 9.47 Å². The molecule has 2 atom stereocenters. The molecular formula is C18H24BrNO4S. The molecule has 0 N–H and O–H groups in total. The zero-order valence-corrected chi connectivity index (χ0v) is 17.4. The molecule has 1 fully saturated rings. The molecule has 7 heteroatoms. The van der Waals surface area contributed by atoms with Crippen LogP contribution in [0.3, 0.4) is 0 Å². The fourth-order valence-corrected chi connectivity index (χ4v) is 4.06. The summed E-state index contributed by atoms with van der Waals surface area (Å²) in [5, 5.41) is 0. The number of esters is 1. The maximum Gasteiger partial charge on any atom is 0.316 e. The fraction of sp³-hybridized carbons (Fsp3) is 0.556. The molecule has 1 heterocycles. The molecule has 0 saturated carbocycles. The van der Waals surface area contributed by atoms with Gasteiger partial charge in [0, 0.05) is 22.5 Å². The van der Waals surface area contributed by atoms with E-state index in [0.717, 1.165) is 20.5 Å². The first-order chi connectivity index (χ1) is 11.8. The van der Waals surface area contributed by atoms with E-state index < -0.39 is 0 Å². The number of thioether (sulfide) groups is 1. The van der Waals surface area contributed by atoms with Crippen molar-refractivity contribution in [2.45, 2.75) is 44.8 Å². The van der Waals surface area contributed by atoms with Crippen LogP contribution in [0.1, 0.15) is 25.0 Å². The van der Waals surface area contributed by atoms with Crippen LogP contribution >= 0.6 is 27.7 Å². The number of rotatable bonds is 5. The average molecular weight is 430 g/mol. The van der Waals surface area contributed by atoms with Crippen molar-refractivity contribution in [3.8, 4) is 0 Å². The Kier molecular flexibility index (Phi) is 7.34. The molecule has 1 aliphatic heterocycles. The maximum atomic E-state index is 12.2. The summed E-state index contributed by atoms with van der Waals surface area (Å²) in [6.45, 7) is 8.73. The number of benzene rings is 1. The lowest BCUT2D eigenvalue weighted by atomic mass is 10.2. The molecule has 1 aromatic carbocycles. The van der Waals surface area contributed by atoms with Crippen LogP contribution < -0.4 is 0 Å². The fourth-order valence-electron chi connectivity index (χ4n) is 2.70. The molecule has 25 heavy (non-hydrogen) atoms. The smallest absolute Gasteiger partial charge is 0.316 e. The number of amides is 1. The Labute approximate surface area is 161 Å². The standard InChI is InChI=1S/C18H24BrNO4S/c1-11-6-16(12(2)5-15(11)19)25-10-18(22)23-9-17(21)20-7-13(3)24-14(4)8-20/h5-6,13-14H,7-10H2,1-4H3. The van der Waals surface area contributed by atoms with Crippen LogP contribution in [0.5, 0.6) is 0 Å². The van der Waals surface area contributed by atoms with Crippen LogP contribution in [0.15, 0.2) is 21.5 Å². The van der Waals surface area contributed by atoms with Gasteiger partial charge in [0.25, 0.3) is 5.91 Å². The van der Waals surface area contributed by atoms with Crippen molar-refractivity contribution in [3.05, 3.63) is 27.7 Å². The summed E-state index contributed by atoms with van der Waals surface area (Å²) in [7, 11) is 0. The van der Waals surface area contributed by atoms with E-state index in [1.54, 1.807) is 4.90 Å². The van der Waals surface area contributed by atoms with Crippen molar-refractivity contribution in [1.29, 1.82) is 0 Å². The zero-order valence-electron chi connectivity index (χ0n) is 15.0. The number of nitrogens with zero attached hydrogens (tertiary/aromatic N) is 1. The van der Waals surface area contributed by atoms with Gasteiger partial charge in [0.05, 0.1) is 18.0 Å². The highest BCUT2D eigenvalue weighted by atomic mass is 79.9. The normalized spacial score (nSPS) is 20.4. The number of hydrogen-bond acceptors (Lipinski definition) is 5. The van der Waals surface area contributed by atoms with Gasteiger partial charge >= 0.3 is 5.97 Å². The maximum absolute atomic E-state index is 12.2. The number of hydrogen-bond donors (Lipinski definition) is 0. The van der Waals surface area contributed by atoms with Gasteiger partial charge in [-0.25, -0.2) is 0 Å². The first-order valence-corrected chi connectivity index (χ1v) is 10.0. The minimum atomic E-state index is -0.382. The molecule has 1 aliphatic rings. The van der Waals surface area contributed by atoms with E-state index >= 15 is 0 Å². The van der Waals surface area contributed by atoms with E-state index in [9.17, 15) is 9.59 Å². The molecule has 0 radical (unpaired) electrons. The third-order valence-electron chi connectivity index (χ3n) is 3.93. The largest absolute Gasteiger partial charge is 0.455 e. The molecule has 1 aromatic rings. The van der Waals surface area contributed by atoms with E-state index in [1.807, 2.05) is 39.8 Å². The Morgan fingerprint density at radius 1 is 1.24 bits per heavy atom. The minimum absolute atomic E-state index is 0.00239. The van der Waals surface area contributed by atoms with Gasteiger partial charge in [-0.15, -0.1) is 11.8 Å². The molecule has 5 nitrogen and oxygen atoms in total. The molecule has 1 amide bonds. The molecule has 0 bridgehead atoms. The molecule has 0 spiro atoms. The second-order valence-corrected chi connectivity index (χ2v) is 8.24. The van der Waals surface area contributed by atoms with Gasteiger partial charge in [-0.1, -0.05) is 15.9 Å². The van der Waals surface area contributed by atoms with Crippen molar-refractivity contribution >= 4 is 39.6 Å². The quantitative estimate of drug-likeness (QED) is 0.530. The first-order valence-electron chi connectivity index (χ1n) is 8.24. The van der Waals surface area contributed by atoms with Gasteiger partial charge in [-0.2, -0.15) is 0 Å². The molecule has 138 valence electrons. The first kappa shape index (κ1) is 20.3. The van der Waals surface area contributed by atoms with Crippen LogP contribution in [-0.2, 0) is 19.1 Å². The van der Waals surface area contributed by atoms with Gasteiger partial charge in [-0.3, -0.25) is 9.59 Å². The summed E-state index contributed by atoms with van der Waals surface area (Å²) >= 11 is 4.92. The Balaban J connectivity index is 1.79. The lowest BCUT2D eigenvalue weighted by Gasteiger charge is -2.35. The van der Waals surface area contributed by atoms with Crippen LogP contribution in [0, 0.1) is 13.8 Å².